The summed E-state index contributed by atoms with van der Waals surface area (Å²) in [5.41, 5.74) is 1.16. The van der Waals surface area contributed by atoms with E-state index in [4.69, 9.17) is 0 Å². The summed E-state index contributed by atoms with van der Waals surface area (Å²) in [6, 6.07) is 0.235. The smallest absolute Gasteiger partial charge is 0.0867 e. The van der Waals surface area contributed by atoms with Crippen LogP contribution in [0.5, 0.6) is 0 Å². The molecule has 0 fully saturated rings. The van der Waals surface area contributed by atoms with Crippen LogP contribution in [0.4, 0.5) is 0 Å². The minimum Gasteiger partial charge on any atom is -0.182 e. The fraction of sp³-hybridized carbons (Fsp3) is 0.429. The first kappa shape index (κ1) is 6.20. The quantitative estimate of drug-likeness (QED) is 0.471. The largest absolute Gasteiger partial charge is 0.182 e. The van der Waals surface area contributed by atoms with E-state index < -0.39 is 0 Å². The van der Waals surface area contributed by atoms with E-state index in [2.05, 4.69) is 10.2 Å². The van der Waals surface area contributed by atoms with Gasteiger partial charge in [0, 0.05) is 0 Å². The van der Waals surface area contributed by atoms with E-state index in [1.54, 1.807) is 6.20 Å². The molecule has 0 saturated heterocycles. The first-order valence-electron chi connectivity index (χ1n) is 3.04. The van der Waals surface area contributed by atoms with E-state index in [-0.39, 0.29) is 6.04 Å². The summed E-state index contributed by atoms with van der Waals surface area (Å²) < 4.78 is 0. The van der Waals surface area contributed by atoms with E-state index in [1.165, 1.54) is 0 Å². The Labute approximate surface area is 55.0 Å². The van der Waals surface area contributed by atoms with Crippen molar-refractivity contribution in [2.75, 3.05) is 0 Å². The highest BCUT2D eigenvalue weighted by Crippen LogP contribution is 2.04. The third kappa shape index (κ3) is 1.80. The van der Waals surface area contributed by atoms with Crippen molar-refractivity contribution in [2.45, 2.75) is 19.9 Å². The number of hydrogen-bond acceptors (Lipinski definition) is 2. The summed E-state index contributed by atoms with van der Waals surface area (Å²) in [4.78, 5) is 0. The van der Waals surface area contributed by atoms with Gasteiger partial charge in [0.2, 0.25) is 0 Å². The molecule has 0 aromatic heterocycles. The average molecular weight is 122 g/mol. The van der Waals surface area contributed by atoms with Gasteiger partial charge in [-0.1, -0.05) is 12.2 Å². The lowest BCUT2D eigenvalue weighted by Gasteiger charge is -1.89. The molecule has 48 valence electrons. The molecule has 0 aliphatic carbocycles. The zero-order valence-corrected chi connectivity index (χ0v) is 5.70. The molecule has 0 saturated carbocycles. The van der Waals surface area contributed by atoms with E-state index in [0.29, 0.717) is 0 Å². The zero-order valence-electron chi connectivity index (χ0n) is 5.70. The molecule has 9 heavy (non-hydrogen) atoms. The predicted octanol–water partition coefficient (Wildman–Crippen LogP) is 2.30. The second-order valence-electron chi connectivity index (χ2n) is 2.20. The van der Waals surface area contributed by atoms with Crippen LogP contribution in [0.1, 0.15) is 13.8 Å². The van der Waals surface area contributed by atoms with Gasteiger partial charge in [-0.2, -0.15) is 10.2 Å². The third-order valence-electron chi connectivity index (χ3n) is 1.15. The Kier molecular flexibility index (Phi) is 1.78. The van der Waals surface area contributed by atoms with E-state index in [1.807, 2.05) is 26.0 Å². The standard InChI is InChI=1S/C7H10N2/c1-6-3-4-7(2)9-8-5-6/h3-5,7H,1-2H3. The Morgan fingerprint density at radius 1 is 1.56 bits per heavy atom. The maximum absolute atomic E-state index is 3.94. The molecule has 2 heteroatoms. The minimum atomic E-state index is 0.235. The van der Waals surface area contributed by atoms with Crippen molar-refractivity contribution in [3.8, 4) is 0 Å². The SMILES string of the molecule is CC1=CN=NC(C)C=C1. The molecule has 1 aliphatic heterocycles. The number of nitrogens with zero attached hydrogens (tertiary/aromatic N) is 2. The summed E-state index contributed by atoms with van der Waals surface area (Å²) in [7, 11) is 0. The van der Waals surface area contributed by atoms with Gasteiger partial charge < -0.3 is 0 Å². The molecular formula is C7H10N2. The van der Waals surface area contributed by atoms with Crippen LogP contribution < -0.4 is 0 Å². The van der Waals surface area contributed by atoms with E-state index >= 15 is 0 Å². The van der Waals surface area contributed by atoms with Gasteiger partial charge in [0.05, 0.1) is 12.2 Å². The molecular weight excluding hydrogens is 112 g/mol. The monoisotopic (exact) mass is 122 g/mol. The van der Waals surface area contributed by atoms with E-state index in [9.17, 15) is 0 Å². The predicted molar refractivity (Wildman–Crippen MR) is 37.2 cm³/mol. The molecule has 0 N–H and O–H groups in total. The second-order valence-corrected chi connectivity index (χ2v) is 2.20. The fourth-order valence-electron chi connectivity index (χ4n) is 0.602. The molecule has 0 aromatic carbocycles. The van der Waals surface area contributed by atoms with Crippen LogP contribution in [0.15, 0.2) is 34.2 Å². The molecule has 1 rings (SSSR count). The summed E-state index contributed by atoms with van der Waals surface area (Å²) >= 11 is 0. The molecule has 2 nitrogen and oxygen atoms in total. The van der Waals surface area contributed by atoms with Crippen molar-refractivity contribution in [3.05, 3.63) is 23.9 Å². The van der Waals surface area contributed by atoms with Crippen molar-refractivity contribution >= 4 is 0 Å². The lowest BCUT2D eigenvalue weighted by Crippen LogP contribution is -1.86. The Hall–Kier alpha value is -0.920. The molecule has 1 atom stereocenters. The van der Waals surface area contributed by atoms with Crippen LogP contribution in [0.3, 0.4) is 0 Å². The lowest BCUT2D eigenvalue weighted by molar-refractivity contribution is 0.855. The van der Waals surface area contributed by atoms with Gasteiger partial charge >= 0.3 is 0 Å². The summed E-state index contributed by atoms with van der Waals surface area (Å²) in [6.07, 6.45) is 5.83. The van der Waals surface area contributed by atoms with Crippen LogP contribution in [0.25, 0.3) is 0 Å². The fourth-order valence-corrected chi connectivity index (χ4v) is 0.602. The molecule has 1 aliphatic rings. The van der Waals surface area contributed by atoms with Crippen LogP contribution in [-0.4, -0.2) is 6.04 Å². The lowest BCUT2D eigenvalue weighted by atomic mass is 10.2. The van der Waals surface area contributed by atoms with Gasteiger partial charge in [0.25, 0.3) is 0 Å². The second kappa shape index (κ2) is 2.58. The van der Waals surface area contributed by atoms with Gasteiger partial charge in [-0.15, -0.1) is 0 Å². The Morgan fingerprint density at radius 2 is 2.33 bits per heavy atom. The molecule has 0 aromatic rings. The van der Waals surface area contributed by atoms with Crippen molar-refractivity contribution in [1.82, 2.24) is 0 Å². The molecule has 1 unspecified atom stereocenters. The van der Waals surface area contributed by atoms with Crippen molar-refractivity contribution in [1.29, 1.82) is 0 Å². The Balaban J connectivity index is 2.75. The number of allylic oxidation sites excluding steroid dienone is 2. The first-order chi connectivity index (χ1) is 4.29. The summed E-state index contributed by atoms with van der Waals surface area (Å²) in [5.74, 6) is 0. The minimum absolute atomic E-state index is 0.235. The van der Waals surface area contributed by atoms with Crippen molar-refractivity contribution in [3.63, 3.8) is 0 Å². The van der Waals surface area contributed by atoms with Crippen LogP contribution in [0.2, 0.25) is 0 Å². The highest BCUT2D eigenvalue weighted by Gasteiger charge is 1.93. The van der Waals surface area contributed by atoms with Gasteiger partial charge in [0.15, 0.2) is 0 Å². The van der Waals surface area contributed by atoms with Crippen LogP contribution >= 0.6 is 0 Å². The number of azo groups is 1. The molecule has 0 bridgehead atoms. The molecule has 0 spiro atoms. The van der Waals surface area contributed by atoms with Crippen LogP contribution in [-0.2, 0) is 0 Å². The topological polar surface area (TPSA) is 24.7 Å². The van der Waals surface area contributed by atoms with Gasteiger partial charge in [0.1, 0.15) is 0 Å². The van der Waals surface area contributed by atoms with Gasteiger partial charge in [-0.05, 0) is 19.4 Å². The van der Waals surface area contributed by atoms with Crippen LogP contribution in [0, 0.1) is 0 Å². The first-order valence-corrected chi connectivity index (χ1v) is 3.04. The normalized spacial score (nSPS) is 25.6. The average Bonchev–Trinajstić information content (AvgIpc) is 1.97. The van der Waals surface area contributed by atoms with Crippen molar-refractivity contribution < 1.29 is 0 Å². The maximum Gasteiger partial charge on any atom is 0.0867 e. The summed E-state index contributed by atoms with van der Waals surface area (Å²) in [6.45, 7) is 4.01. The third-order valence-corrected chi connectivity index (χ3v) is 1.15. The maximum atomic E-state index is 3.94. The summed E-state index contributed by atoms with van der Waals surface area (Å²) in [5, 5.41) is 7.77. The number of rotatable bonds is 0. The van der Waals surface area contributed by atoms with Gasteiger partial charge in [-0.3, -0.25) is 0 Å². The Bertz CT molecular complexity index is 177. The number of hydrogen-bond donors (Lipinski definition) is 0. The van der Waals surface area contributed by atoms with Crippen molar-refractivity contribution in [2.24, 2.45) is 10.2 Å². The molecule has 0 radical (unpaired) electrons. The molecule has 0 amide bonds. The Morgan fingerprint density at radius 3 is 3.11 bits per heavy atom. The molecule has 1 heterocycles. The zero-order chi connectivity index (χ0) is 6.69. The van der Waals surface area contributed by atoms with Gasteiger partial charge in [-0.25, -0.2) is 0 Å². The highest BCUT2D eigenvalue weighted by molar-refractivity contribution is 5.17. The van der Waals surface area contributed by atoms with E-state index in [0.717, 1.165) is 5.57 Å². The highest BCUT2D eigenvalue weighted by atomic mass is 15.1.